The minimum atomic E-state index is -3.74. The van der Waals surface area contributed by atoms with E-state index in [0.717, 1.165) is 10.4 Å². The molecular formula is C17H20N2O6S. The molecule has 2 aromatic rings. The number of amides is 1. The molecule has 1 amide bonds. The topological polar surface area (TPSA) is 117 Å². The van der Waals surface area contributed by atoms with E-state index in [0.29, 0.717) is 5.56 Å². The van der Waals surface area contributed by atoms with Crippen LogP contribution in [0.3, 0.4) is 0 Å². The van der Waals surface area contributed by atoms with Crippen LogP contribution in [0.25, 0.3) is 0 Å². The molecule has 1 aromatic carbocycles. The van der Waals surface area contributed by atoms with Crippen molar-refractivity contribution in [3.05, 3.63) is 53.5 Å². The average molecular weight is 380 g/mol. The lowest BCUT2D eigenvalue weighted by atomic mass is 9.99. The van der Waals surface area contributed by atoms with Crippen molar-refractivity contribution in [3.8, 4) is 0 Å². The molecular weight excluding hydrogens is 360 g/mol. The highest BCUT2D eigenvalue weighted by atomic mass is 32.2. The summed E-state index contributed by atoms with van der Waals surface area (Å²) in [6, 6.07) is 9.63. The lowest BCUT2D eigenvalue weighted by Crippen LogP contribution is -2.31. The number of furan rings is 1. The monoisotopic (exact) mass is 380 g/mol. The maximum Gasteiger partial charge on any atom is 0.312 e. The second kappa shape index (κ2) is 7.71. The third-order valence-corrected chi connectivity index (χ3v) is 5.74. The van der Waals surface area contributed by atoms with Crippen LogP contribution in [-0.4, -0.2) is 50.3 Å². The molecule has 2 rings (SSSR count). The molecule has 9 heteroatoms. The van der Waals surface area contributed by atoms with Gasteiger partial charge in [0.05, 0.1) is 5.92 Å². The Kier molecular flexibility index (Phi) is 5.83. The second-order valence-corrected chi connectivity index (χ2v) is 7.95. The predicted molar refractivity (Wildman–Crippen MR) is 93.5 cm³/mol. The van der Waals surface area contributed by atoms with Gasteiger partial charge in [-0.2, -0.15) is 0 Å². The number of rotatable bonds is 7. The predicted octanol–water partition coefficient (Wildman–Crippen LogP) is 1.44. The molecule has 0 saturated carbocycles. The summed E-state index contributed by atoms with van der Waals surface area (Å²) in [7, 11) is -0.995. The Bertz CT molecular complexity index is 903. The Labute approximate surface area is 151 Å². The summed E-state index contributed by atoms with van der Waals surface area (Å²) in [6.07, 6.45) is 0. The van der Waals surface area contributed by atoms with Crippen LogP contribution >= 0.6 is 0 Å². The quantitative estimate of drug-likeness (QED) is 0.751. The van der Waals surface area contributed by atoms with Gasteiger partial charge < -0.3 is 14.8 Å². The average Bonchev–Trinajstić information content (AvgIpc) is 2.98. The van der Waals surface area contributed by atoms with Crippen molar-refractivity contribution < 1.29 is 27.5 Å². The highest BCUT2D eigenvalue weighted by Gasteiger charge is 2.27. The normalized spacial score (nSPS) is 12.8. The number of nitrogens with zero attached hydrogens (tertiary/aromatic N) is 1. The van der Waals surface area contributed by atoms with Crippen molar-refractivity contribution >= 4 is 21.9 Å². The van der Waals surface area contributed by atoms with Gasteiger partial charge in [0, 0.05) is 26.7 Å². The second-order valence-electron chi connectivity index (χ2n) is 5.83. The molecule has 0 fully saturated rings. The Hall–Kier alpha value is -2.65. The lowest BCUT2D eigenvalue weighted by Gasteiger charge is -2.13. The first-order valence-corrected chi connectivity index (χ1v) is 9.17. The standard InChI is InChI=1S/C17H20N2O6S/c1-11-15(26(23,24)19(2)3)9-14(25-11)16(20)18-10-13(17(21)22)12-7-5-4-6-8-12/h4-9,13H,10H2,1-3H3,(H,18,20)(H,21,22). The largest absolute Gasteiger partial charge is 0.481 e. The molecule has 140 valence electrons. The van der Waals surface area contributed by atoms with Gasteiger partial charge in [-0.3, -0.25) is 9.59 Å². The van der Waals surface area contributed by atoms with Crippen LogP contribution in [0.4, 0.5) is 0 Å². The Morgan fingerprint density at radius 3 is 2.38 bits per heavy atom. The van der Waals surface area contributed by atoms with Crippen molar-refractivity contribution in [1.82, 2.24) is 9.62 Å². The number of sulfonamides is 1. The maximum absolute atomic E-state index is 12.3. The zero-order valence-corrected chi connectivity index (χ0v) is 15.4. The fourth-order valence-electron chi connectivity index (χ4n) is 2.35. The van der Waals surface area contributed by atoms with Crippen LogP contribution in [0.15, 0.2) is 45.7 Å². The number of aryl methyl sites for hydroxylation is 1. The minimum Gasteiger partial charge on any atom is -0.481 e. The molecule has 0 bridgehead atoms. The summed E-state index contributed by atoms with van der Waals surface area (Å²) in [5, 5.41) is 11.8. The number of nitrogens with one attached hydrogen (secondary N) is 1. The summed E-state index contributed by atoms with van der Waals surface area (Å²) in [4.78, 5) is 23.6. The first-order chi connectivity index (χ1) is 12.1. The van der Waals surface area contributed by atoms with Crippen molar-refractivity contribution in [2.45, 2.75) is 17.7 Å². The summed E-state index contributed by atoms with van der Waals surface area (Å²) >= 11 is 0. The molecule has 1 unspecified atom stereocenters. The summed E-state index contributed by atoms with van der Waals surface area (Å²) in [5.41, 5.74) is 0.548. The van der Waals surface area contributed by atoms with E-state index in [1.54, 1.807) is 30.3 Å². The molecule has 0 aliphatic heterocycles. The fraction of sp³-hybridized carbons (Fsp3) is 0.294. The van der Waals surface area contributed by atoms with Gasteiger partial charge in [0.15, 0.2) is 5.76 Å². The summed E-state index contributed by atoms with van der Waals surface area (Å²) in [6.45, 7) is 1.28. The third-order valence-electron chi connectivity index (χ3n) is 3.82. The first kappa shape index (κ1) is 19.7. The summed E-state index contributed by atoms with van der Waals surface area (Å²) in [5.74, 6) is -2.80. The van der Waals surface area contributed by atoms with Gasteiger partial charge in [0.2, 0.25) is 10.0 Å². The smallest absolute Gasteiger partial charge is 0.312 e. The van der Waals surface area contributed by atoms with Crippen molar-refractivity contribution in [2.75, 3.05) is 20.6 Å². The molecule has 8 nitrogen and oxygen atoms in total. The van der Waals surface area contributed by atoms with Crippen LogP contribution < -0.4 is 5.32 Å². The number of carboxylic acids is 1. The molecule has 1 heterocycles. The lowest BCUT2D eigenvalue weighted by molar-refractivity contribution is -0.138. The van der Waals surface area contributed by atoms with E-state index in [2.05, 4.69) is 5.32 Å². The number of carboxylic acid groups (broad SMARTS) is 1. The molecule has 1 aromatic heterocycles. The van der Waals surface area contributed by atoms with Crippen molar-refractivity contribution in [1.29, 1.82) is 0 Å². The maximum atomic E-state index is 12.3. The van der Waals surface area contributed by atoms with Crippen molar-refractivity contribution in [2.24, 2.45) is 0 Å². The minimum absolute atomic E-state index is 0.0849. The van der Waals surface area contributed by atoms with Gasteiger partial charge in [0.1, 0.15) is 10.7 Å². The number of hydrogen-bond donors (Lipinski definition) is 2. The van der Waals surface area contributed by atoms with Gasteiger partial charge in [0.25, 0.3) is 5.91 Å². The third kappa shape index (κ3) is 4.12. The molecule has 0 aliphatic carbocycles. The fourth-order valence-corrected chi connectivity index (χ4v) is 3.40. The number of carbonyl (C=O) groups excluding carboxylic acids is 1. The number of benzene rings is 1. The van der Waals surface area contributed by atoms with Crippen molar-refractivity contribution in [3.63, 3.8) is 0 Å². The van der Waals surface area contributed by atoms with E-state index < -0.39 is 27.8 Å². The van der Waals surface area contributed by atoms with E-state index in [1.165, 1.54) is 21.0 Å². The first-order valence-electron chi connectivity index (χ1n) is 7.73. The molecule has 1 atom stereocenters. The Morgan fingerprint density at radius 1 is 1.23 bits per heavy atom. The van der Waals surface area contributed by atoms with E-state index in [4.69, 9.17) is 4.42 Å². The van der Waals surface area contributed by atoms with Crippen LogP contribution in [0.2, 0.25) is 0 Å². The van der Waals surface area contributed by atoms with Crippen LogP contribution in [0.5, 0.6) is 0 Å². The molecule has 0 aliphatic rings. The molecule has 26 heavy (non-hydrogen) atoms. The molecule has 0 saturated heterocycles. The number of carbonyl (C=O) groups is 2. The van der Waals surface area contributed by atoms with E-state index in [-0.39, 0.29) is 23.0 Å². The van der Waals surface area contributed by atoms with Gasteiger partial charge in [-0.05, 0) is 12.5 Å². The summed E-state index contributed by atoms with van der Waals surface area (Å²) < 4.78 is 30.6. The van der Waals surface area contributed by atoms with E-state index in [9.17, 15) is 23.1 Å². The van der Waals surface area contributed by atoms with Gasteiger partial charge in [-0.15, -0.1) is 0 Å². The molecule has 0 radical (unpaired) electrons. The number of aliphatic carboxylic acids is 1. The Morgan fingerprint density at radius 2 is 1.85 bits per heavy atom. The van der Waals surface area contributed by atoms with E-state index in [1.807, 2.05) is 0 Å². The van der Waals surface area contributed by atoms with Crippen LogP contribution in [-0.2, 0) is 14.8 Å². The van der Waals surface area contributed by atoms with E-state index >= 15 is 0 Å². The van der Waals surface area contributed by atoms with Crippen LogP contribution in [0, 0.1) is 6.92 Å². The molecule has 0 spiro atoms. The zero-order chi connectivity index (χ0) is 19.5. The SMILES string of the molecule is Cc1oc(C(=O)NCC(C(=O)O)c2ccccc2)cc1S(=O)(=O)N(C)C. The highest BCUT2D eigenvalue weighted by Crippen LogP contribution is 2.22. The zero-order valence-electron chi connectivity index (χ0n) is 14.6. The van der Waals surface area contributed by atoms with Gasteiger partial charge >= 0.3 is 5.97 Å². The van der Waals surface area contributed by atoms with Crippen LogP contribution in [0.1, 0.15) is 27.8 Å². The molecule has 2 N–H and O–H groups in total. The Balaban J connectivity index is 2.17. The van der Waals surface area contributed by atoms with Gasteiger partial charge in [-0.25, -0.2) is 12.7 Å². The van der Waals surface area contributed by atoms with Gasteiger partial charge in [-0.1, -0.05) is 30.3 Å². The highest BCUT2D eigenvalue weighted by molar-refractivity contribution is 7.89. The number of hydrogen-bond acceptors (Lipinski definition) is 5.